The molecule has 2 rings (SSSR count). The zero-order valence-electron chi connectivity index (χ0n) is 11.2. The van der Waals surface area contributed by atoms with Crippen molar-refractivity contribution in [3.05, 3.63) is 57.7 Å². The van der Waals surface area contributed by atoms with Gasteiger partial charge >= 0.3 is 0 Å². The van der Waals surface area contributed by atoms with Crippen molar-refractivity contribution in [1.29, 1.82) is 0 Å². The molecule has 0 aromatic heterocycles. The van der Waals surface area contributed by atoms with E-state index >= 15 is 0 Å². The van der Waals surface area contributed by atoms with Gasteiger partial charge in [0.15, 0.2) is 0 Å². The SMILES string of the molecule is CN(C)CC(c1cccc(Cl)c1)N1C=CC(Br)=CC1. The number of rotatable bonds is 4. The average molecular weight is 342 g/mol. The highest BCUT2D eigenvalue weighted by atomic mass is 79.9. The highest BCUT2D eigenvalue weighted by molar-refractivity contribution is 9.11. The second-order valence-corrected chi connectivity index (χ2v) is 6.29. The Labute approximate surface area is 128 Å². The first-order valence-corrected chi connectivity index (χ1v) is 7.43. The number of hydrogen-bond acceptors (Lipinski definition) is 2. The summed E-state index contributed by atoms with van der Waals surface area (Å²) in [5, 5.41) is 0.791. The van der Waals surface area contributed by atoms with Crippen molar-refractivity contribution in [2.45, 2.75) is 6.04 Å². The van der Waals surface area contributed by atoms with Crippen LogP contribution >= 0.6 is 27.5 Å². The summed E-state index contributed by atoms with van der Waals surface area (Å²) in [6.45, 7) is 1.86. The molecule has 102 valence electrons. The minimum absolute atomic E-state index is 0.307. The molecule has 0 saturated heterocycles. The van der Waals surface area contributed by atoms with Gasteiger partial charge in [0.2, 0.25) is 0 Å². The summed E-state index contributed by atoms with van der Waals surface area (Å²) in [6, 6.07) is 8.43. The molecule has 2 nitrogen and oxygen atoms in total. The molecule has 1 atom stereocenters. The largest absolute Gasteiger partial charge is 0.365 e. The van der Waals surface area contributed by atoms with E-state index in [-0.39, 0.29) is 0 Å². The lowest BCUT2D eigenvalue weighted by Gasteiger charge is -2.33. The first-order chi connectivity index (χ1) is 9.06. The third-order valence-electron chi connectivity index (χ3n) is 3.09. The fourth-order valence-electron chi connectivity index (χ4n) is 2.18. The summed E-state index contributed by atoms with van der Waals surface area (Å²) in [4.78, 5) is 4.53. The van der Waals surface area contributed by atoms with E-state index < -0.39 is 0 Å². The molecule has 0 bridgehead atoms. The van der Waals surface area contributed by atoms with Crippen molar-refractivity contribution < 1.29 is 0 Å². The Morgan fingerprint density at radius 1 is 1.42 bits per heavy atom. The van der Waals surface area contributed by atoms with E-state index in [0.717, 1.165) is 22.6 Å². The van der Waals surface area contributed by atoms with E-state index in [4.69, 9.17) is 11.6 Å². The topological polar surface area (TPSA) is 6.48 Å². The van der Waals surface area contributed by atoms with Crippen LogP contribution in [0.5, 0.6) is 0 Å². The summed E-state index contributed by atoms with van der Waals surface area (Å²) >= 11 is 9.62. The Morgan fingerprint density at radius 3 is 2.79 bits per heavy atom. The van der Waals surface area contributed by atoms with E-state index in [2.05, 4.69) is 70.3 Å². The maximum absolute atomic E-state index is 6.12. The summed E-state index contributed by atoms with van der Waals surface area (Å²) in [6.07, 6.45) is 6.39. The molecule has 4 heteroatoms. The molecule has 1 aliphatic rings. The summed E-state index contributed by atoms with van der Waals surface area (Å²) in [5.74, 6) is 0. The summed E-state index contributed by atoms with van der Waals surface area (Å²) < 4.78 is 1.14. The Bertz CT molecular complexity index is 497. The van der Waals surface area contributed by atoms with Gasteiger partial charge in [-0.3, -0.25) is 0 Å². The van der Waals surface area contributed by atoms with Gasteiger partial charge in [-0.1, -0.05) is 45.7 Å². The Morgan fingerprint density at radius 2 is 2.21 bits per heavy atom. The number of benzene rings is 1. The monoisotopic (exact) mass is 340 g/mol. The lowest BCUT2D eigenvalue weighted by Crippen LogP contribution is -2.33. The number of nitrogens with zero attached hydrogens (tertiary/aromatic N) is 2. The maximum Gasteiger partial charge on any atom is 0.0667 e. The minimum atomic E-state index is 0.307. The van der Waals surface area contributed by atoms with Crippen LogP contribution in [-0.2, 0) is 0 Å². The van der Waals surface area contributed by atoms with Crippen molar-refractivity contribution in [2.24, 2.45) is 0 Å². The lowest BCUT2D eigenvalue weighted by atomic mass is 10.0. The Balaban J connectivity index is 2.24. The average Bonchev–Trinajstić information content (AvgIpc) is 2.37. The zero-order valence-corrected chi connectivity index (χ0v) is 13.5. The lowest BCUT2D eigenvalue weighted by molar-refractivity contribution is 0.235. The summed E-state index contributed by atoms with van der Waals surface area (Å²) in [7, 11) is 4.19. The fourth-order valence-corrected chi connectivity index (χ4v) is 2.64. The molecular formula is C15H18BrClN2. The van der Waals surface area contributed by atoms with Gasteiger partial charge < -0.3 is 9.80 Å². The van der Waals surface area contributed by atoms with Crippen LogP contribution in [0.2, 0.25) is 5.02 Å². The van der Waals surface area contributed by atoms with E-state index in [1.807, 2.05) is 12.1 Å². The standard InChI is InChI=1S/C15H18BrClN2/c1-18(2)11-15(12-4-3-5-14(17)10-12)19-8-6-13(16)7-9-19/h3-8,10,15H,9,11H2,1-2H3. The first kappa shape index (κ1) is 14.6. The second kappa shape index (κ2) is 6.60. The van der Waals surface area contributed by atoms with E-state index in [9.17, 15) is 0 Å². The van der Waals surface area contributed by atoms with Gasteiger partial charge in [-0.25, -0.2) is 0 Å². The third-order valence-corrected chi connectivity index (χ3v) is 3.92. The molecule has 1 aromatic carbocycles. The molecule has 0 spiro atoms. The molecule has 1 aromatic rings. The second-order valence-electron chi connectivity index (χ2n) is 4.93. The van der Waals surface area contributed by atoms with Gasteiger partial charge in [0.25, 0.3) is 0 Å². The van der Waals surface area contributed by atoms with Crippen LogP contribution in [0.25, 0.3) is 0 Å². The predicted molar refractivity (Wildman–Crippen MR) is 85.6 cm³/mol. The molecule has 0 amide bonds. The van der Waals surface area contributed by atoms with Gasteiger partial charge in [0.05, 0.1) is 6.04 Å². The van der Waals surface area contributed by atoms with Crippen LogP contribution in [0.3, 0.4) is 0 Å². The smallest absolute Gasteiger partial charge is 0.0667 e. The molecule has 0 radical (unpaired) electrons. The molecule has 1 heterocycles. The Kier molecular flexibility index (Phi) is 5.08. The van der Waals surface area contributed by atoms with Gasteiger partial charge in [0, 0.05) is 28.8 Å². The van der Waals surface area contributed by atoms with Gasteiger partial charge in [0.1, 0.15) is 0 Å². The maximum atomic E-state index is 6.12. The summed E-state index contributed by atoms with van der Waals surface area (Å²) in [5.41, 5.74) is 1.25. The highest BCUT2D eigenvalue weighted by Crippen LogP contribution is 2.27. The number of halogens is 2. The molecule has 0 aliphatic carbocycles. The van der Waals surface area contributed by atoms with Crippen LogP contribution in [0.1, 0.15) is 11.6 Å². The molecule has 1 aliphatic heterocycles. The molecule has 0 fully saturated rings. The zero-order chi connectivity index (χ0) is 13.8. The van der Waals surface area contributed by atoms with Crippen molar-refractivity contribution in [3.63, 3.8) is 0 Å². The van der Waals surface area contributed by atoms with E-state index in [1.165, 1.54) is 5.56 Å². The predicted octanol–water partition coefficient (Wildman–Crippen LogP) is 4.05. The molecule has 0 N–H and O–H groups in total. The van der Waals surface area contributed by atoms with Gasteiger partial charge in [-0.2, -0.15) is 0 Å². The van der Waals surface area contributed by atoms with Crippen molar-refractivity contribution in [1.82, 2.24) is 9.80 Å². The Hall–Kier alpha value is -0.770. The van der Waals surface area contributed by atoms with Crippen molar-refractivity contribution >= 4 is 27.5 Å². The van der Waals surface area contributed by atoms with Crippen molar-refractivity contribution in [3.8, 4) is 0 Å². The van der Waals surface area contributed by atoms with Crippen LogP contribution in [0.15, 0.2) is 47.1 Å². The van der Waals surface area contributed by atoms with Crippen molar-refractivity contribution in [2.75, 3.05) is 27.2 Å². The quantitative estimate of drug-likeness (QED) is 0.815. The molecule has 1 unspecified atom stereocenters. The van der Waals surface area contributed by atoms with E-state index in [0.29, 0.717) is 6.04 Å². The molecule has 19 heavy (non-hydrogen) atoms. The van der Waals surface area contributed by atoms with Gasteiger partial charge in [-0.05, 0) is 37.9 Å². The van der Waals surface area contributed by atoms with E-state index in [1.54, 1.807) is 0 Å². The molecule has 0 saturated carbocycles. The highest BCUT2D eigenvalue weighted by Gasteiger charge is 2.19. The van der Waals surface area contributed by atoms with Crippen LogP contribution < -0.4 is 0 Å². The number of allylic oxidation sites excluding steroid dienone is 2. The first-order valence-electron chi connectivity index (χ1n) is 6.26. The number of hydrogen-bond donors (Lipinski definition) is 0. The fraction of sp³-hybridized carbons (Fsp3) is 0.333. The molecular weight excluding hydrogens is 324 g/mol. The van der Waals surface area contributed by atoms with Crippen LogP contribution in [-0.4, -0.2) is 37.0 Å². The third kappa shape index (κ3) is 4.10. The minimum Gasteiger partial charge on any atom is -0.365 e. The normalized spacial score (nSPS) is 16.7. The van der Waals surface area contributed by atoms with Gasteiger partial charge in [-0.15, -0.1) is 0 Å². The van der Waals surface area contributed by atoms with Crippen LogP contribution in [0, 0.1) is 0 Å². The number of likely N-dealkylation sites (N-methyl/N-ethyl adjacent to an activating group) is 1. The van der Waals surface area contributed by atoms with Crippen LogP contribution in [0.4, 0.5) is 0 Å².